The van der Waals surface area contributed by atoms with Crippen LogP contribution in [-0.4, -0.2) is 18.2 Å². The second-order valence-corrected chi connectivity index (χ2v) is 10.8. The number of unbranched alkanes of at least 4 members (excludes halogenated alkanes) is 10. The molecular weight excluding hydrogens is 487 g/mol. The van der Waals surface area contributed by atoms with Crippen LogP contribution in [-0.2, 0) is 13.6 Å². The van der Waals surface area contributed by atoms with Gasteiger partial charge in [0.1, 0.15) is 15.6 Å². The van der Waals surface area contributed by atoms with E-state index in [-0.39, 0.29) is 38.9 Å². The van der Waals surface area contributed by atoms with Gasteiger partial charge in [0.2, 0.25) is 0 Å². The highest BCUT2D eigenvalue weighted by Crippen LogP contribution is 2.52. The molecule has 1 aromatic rings. The Morgan fingerprint density at radius 1 is 0.667 bits per heavy atom. The summed E-state index contributed by atoms with van der Waals surface area (Å²) in [6.45, 7) is 4.92. The van der Waals surface area contributed by atoms with Gasteiger partial charge < -0.3 is 9.05 Å². The molecule has 0 unspecified atom stereocenters. The molecule has 0 bridgehead atoms. The molecule has 9 heteroatoms. The molecule has 1 rings (SSSR count). The normalized spacial score (nSPS) is 11.9. The van der Waals surface area contributed by atoms with Crippen LogP contribution in [0.15, 0.2) is 0 Å². The quantitative estimate of drug-likeness (QED) is 0.117. The van der Waals surface area contributed by atoms with Crippen LogP contribution in [0.3, 0.4) is 0 Å². The van der Waals surface area contributed by atoms with E-state index >= 15 is 0 Å². The summed E-state index contributed by atoms with van der Waals surface area (Å²) in [7, 11) is -3.80. The van der Waals surface area contributed by atoms with Gasteiger partial charge in [-0.25, -0.2) is 4.98 Å². The largest absolute Gasteiger partial charge is 0.364 e. The van der Waals surface area contributed by atoms with Crippen LogP contribution in [0.5, 0.6) is 0 Å². The zero-order valence-electron chi connectivity index (χ0n) is 18.0. The number of halogens is 4. The van der Waals surface area contributed by atoms with E-state index in [9.17, 15) is 4.57 Å². The van der Waals surface area contributed by atoms with Crippen molar-refractivity contribution in [3.05, 3.63) is 20.4 Å². The second-order valence-electron chi connectivity index (χ2n) is 7.37. The first-order valence-corrected chi connectivity index (χ1v) is 14.0. The van der Waals surface area contributed by atoms with Gasteiger partial charge >= 0.3 is 7.60 Å². The smallest absolute Gasteiger partial charge is 0.305 e. The second kappa shape index (κ2) is 16.1. The molecule has 4 nitrogen and oxygen atoms in total. The van der Waals surface area contributed by atoms with E-state index < -0.39 is 7.60 Å². The lowest BCUT2D eigenvalue weighted by Gasteiger charge is -2.21. The fourth-order valence-electron chi connectivity index (χ4n) is 3.02. The van der Waals surface area contributed by atoms with Gasteiger partial charge in [0.25, 0.3) is 0 Å². The SMILES string of the molecule is CCCCCCCCOP(=O)(OCCCCCCCC)c1c(Cl)c(Cl)nc(Cl)c1Cl. The summed E-state index contributed by atoms with van der Waals surface area (Å²) >= 11 is 24.6. The van der Waals surface area contributed by atoms with E-state index in [1.54, 1.807) is 0 Å². The minimum Gasteiger partial charge on any atom is -0.305 e. The maximum absolute atomic E-state index is 13.7. The van der Waals surface area contributed by atoms with Crippen molar-refractivity contribution >= 4 is 59.3 Å². The van der Waals surface area contributed by atoms with Crippen molar-refractivity contribution in [3.8, 4) is 0 Å². The number of hydrogen-bond acceptors (Lipinski definition) is 4. The third-order valence-electron chi connectivity index (χ3n) is 4.77. The Morgan fingerprint density at radius 3 is 1.43 bits per heavy atom. The van der Waals surface area contributed by atoms with Crippen LogP contribution < -0.4 is 5.30 Å². The summed E-state index contributed by atoms with van der Waals surface area (Å²) in [6.07, 6.45) is 13.0. The Labute approximate surface area is 201 Å². The van der Waals surface area contributed by atoms with Crippen LogP contribution in [0.25, 0.3) is 0 Å². The Morgan fingerprint density at radius 2 is 1.03 bits per heavy atom. The Bertz CT molecular complexity index is 628. The predicted molar refractivity (Wildman–Crippen MR) is 130 cm³/mol. The zero-order valence-corrected chi connectivity index (χ0v) is 21.9. The van der Waals surface area contributed by atoms with Crippen LogP contribution in [0.1, 0.15) is 90.9 Å². The molecule has 1 aromatic heterocycles. The minimum atomic E-state index is -3.80. The molecule has 174 valence electrons. The number of rotatable bonds is 17. The molecule has 0 atom stereocenters. The fraction of sp³-hybridized carbons (Fsp3) is 0.762. The van der Waals surface area contributed by atoms with Crippen molar-refractivity contribution in [2.24, 2.45) is 0 Å². The molecule has 0 radical (unpaired) electrons. The van der Waals surface area contributed by atoms with Gasteiger partial charge in [-0.2, -0.15) is 0 Å². The Kier molecular flexibility index (Phi) is 15.3. The first-order chi connectivity index (χ1) is 14.4. The molecule has 0 saturated carbocycles. The molecular formula is C21H34Cl4NO3P. The molecule has 0 aliphatic heterocycles. The lowest BCUT2D eigenvalue weighted by atomic mass is 10.1. The molecule has 0 aliphatic carbocycles. The van der Waals surface area contributed by atoms with Crippen LogP contribution in [0.4, 0.5) is 0 Å². The highest BCUT2D eigenvalue weighted by molar-refractivity contribution is 7.62. The van der Waals surface area contributed by atoms with Gasteiger partial charge in [0, 0.05) is 0 Å². The van der Waals surface area contributed by atoms with Gasteiger partial charge in [0.15, 0.2) is 0 Å². The van der Waals surface area contributed by atoms with Gasteiger partial charge in [-0.3, -0.25) is 4.57 Å². The lowest BCUT2D eigenvalue weighted by Crippen LogP contribution is -2.16. The third-order valence-corrected chi connectivity index (χ3v) is 8.55. The number of aromatic nitrogens is 1. The van der Waals surface area contributed by atoms with Gasteiger partial charge in [-0.05, 0) is 12.8 Å². The first-order valence-electron chi connectivity index (χ1n) is 11.0. The maximum Gasteiger partial charge on any atom is 0.364 e. The van der Waals surface area contributed by atoms with Crippen LogP contribution in [0.2, 0.25) is 20.4 Å². The summed E-state index contributed by atoms with van der Waals surface area (Å²) in [4.78, 5) is 3.86. The minimum absolute atomic E-state index is 0.00722. The zero-order chi connectivity index (χ0) is 22.4. The summed E-state index contributed by atoms with van der Waals surface area (Å²) in [5.74, 6) is 0. The predicted octanol–water partition coefficient (Wildman–Crippen LogP) is 9.27. The van der Waals surface area contributed by atoms with Crippen molar-refractivity contribution in [1.82, 2.24) is 4.98 Å². The van der Waals surface area contributed by atoms with Crippen molar-refractivity contribution in [2.45, 2.75) is 90.9 Å². The van der Waals surface area contributed by atoms with E-state index in [1.807, 2.05) is 0 Å². The average Bonchev–Trinajstić information content (AvgIpc) is 2.71. The summed E-state index contributed by atoms with van der Waals surface area (Å²) < 4.78 is 25.2. The third kappa shape index (κ3) is 9.94. The van der Waals surface area contributed by atoms with Crippen LogP contribution >= 0.6 is 54.0 Å². The molecule has 0 N–H and O–H groups in total. The van der Waals surface area contributed by atoms with E-state index in [0.29, 0.717) is 0 Å². The highest BCUT2D eigenvalue weighted by atomic mass is 35.5. The Hall–Kier alpha value is 0.460. The molecule has 0 aliphatic rings. The van der Waals surface area contributed by atoms with E-state index in [0.717, 1.165) is 38.5 Å². The van der Waals surface area contributed by atoms with Crippen molar-refractivity contribution < 1.29 is 13.6 Å². The topological polar surface area (TPSA) is 48.4 Å². The summed E-state index contributed by atoms with van der Waals surface area (Å²) in [5.41, 5.74) is 0. The maximum atomic E-state index is 13.7. The van der Waals surface area contributed by atoms with E-state index in [2.05, 4.69) is 18.8 Å². The average molecular weight is 521 g/mol. The fourth-order valence-corrected chi connectivity index (χ4v) is 6.26. The van der Waals surface area contributed by atoms with E-state index in [4.69, 9.17) is 55.5 Å². The number of pyridine rings is 1. The molecule has 30 heavy (non-hydrogen) atoms. The molecule has 0 amide bonds. The molecule has 0 saturated heterocycles. The summed E-state index contributed by atoms with van der Waals surface area (Å²) in [5, 5.41) is -0.228. The number of nitrogens with zero attached hydrogens (tertiary/aromatic N) is 1. The molecule has 0 aromatic carbocycles. The number of hydrogen-bond donors (Lipinski definition) is 0. The van der Waals surface area contributed by atoms with Crippen molar-refractivity contribution in [3.63, 3.8) is 0 Å². The van der Waals surface area contributed by atoms with Gasteiger partial charge in [-0.1, -0.05) is 124 Å². The molecule has 0 spiro atoms. The van der Waals surface area contributed by atoms with Crippen LogP contribution in [0, 0.1) is 0 Å². The summed E-state index contributed by atoms with van der Waals surface area (Å²) in [6, 6.07) is 0. The molecule has 0 fully saturated rings. The van der Waals surface area contributed by atoms with Crippen molar-refractivity contribution in [2.75, 3.05) is 13.2 Å². The standard InChI is InChI=1S/C21H34Cl4NO3P/c1-3-5-7-9-11-13-15-28-30(27,29-16-14-12-10-8-6-4-2)19-17(22)20(24)26-21(25)18(19)23/h3-16H2,1-2H3. The lowest BCUT2D eigenvalue weighted by molar-refractivity contribution is 0.206. The van der Waals surface area contributed by atoms with Gasteiger partial charge in [0.05, 0.1) is 23.3 Å². The Balaban J connectivity index is 2.78. The monoisotopic (exact) mass is 519 g/mol. The van der Waals surface area contributed by atoms with Gasteiger partial charge in [-0.15, -0.1) is 0 Å². The van der Waals surface area contributed by atoms with E-state index in [1.165, 1.54) is 38.5 Å². The first kappa shape index (κ1) is 28.5. The highest BCUT2D eigenvalue weighted by Gasteiger charge is 2.35. The van der Waals surface area contributed by atoms with Crippen molar-refractivity contribution in [1.29, 1.82) is 0 Å². The molecule has 1 heterocycles.